The molecule has 0 radical (unpaired) electrons. The predicted octanol–water partition coefficient (Wildman–Crippen LogP) is 3.88. The molecular weight excluding hydrogens is 172 g/mol. The van der Waals surface area contributed by atoms with Gasteiger partial charge in [0, 0.05) is 0 Å². The van der Waals surface area contributed by atoms with Crippen LogP contribution in [0.1, 0.15) is 19.4 Å². The summed E-state index contributed by atoms with van der Waals surface area (Å²) >= 11 is 0. The van der Waals surface area contributed by atoms with Crippen molar-refractivity contribution < 1.29 is 5.11 Å². The van der Waals surface area contributed by atoms with Crippen molar-refractivity contribution in [1.29, 1.82) is 0 Å². The van der Waals surface area contributed by atoms with E-state index in [1.54, 1.807) is 12.1 Å². The van der Waals surface area contributed by atoms with Gasteiger partial charge in [0.05, 0.1) is 0 Å². The second-order valence-corrected chi connectivity index (χ2v) is 2.98. The summed E-state index contributed by atoms with van der Waals surface area (Å²) in [5.74, 6) is 0.339. The van der Waals surface area contributed by atoms with Gasteiger partial charge in [-0.05, 0) is 35.4 Å². The summed E-state index contributed by atoms with van der Waals surface area (Å²) in [6.07, 6.45) is 0. The van der Waals surface area contributed by atoms with Crippen molar-refractivity contribution in [3.05, 3.63) is 42.0 Å². The fourth-order valence-electron chi connectivity index (χ4n) is 1.48. The molecule has 0 aliphatic heterocycles. The van der Waals surface area contributed by atoms with E-state index in [2.05, 4.69) is 6.07 Å². The highest BCUT2D eigenvalue weighted by Gasteiger charge is 1.97. The smallest absolute Gasteiger partial charge is 0.116 e. The van der Waals surface area contributed by atoms with Crippen LogP contribution in [0.3, 0.4) is 0 Å². The lowest BCUT2D eigenvalue weighted by molar-refractivity contribution is 0.476. The van der Waals surface area contributed by atoms with E-state index in [4.69, 9.17) is 0 Å². The van der Waals surface area contributed by atoms with Gasteiger partial charge < -0.3 is 5.11 Å². The molecule has 2 rings (SSSR count). The number of fused-ring (bicyclic) bond motifs is 1. The molecule has 0 fully saturated rings. The minimum atomic E-state index is 0.339. The number of phenols is 1. The molecule has 0 bridgehead atoms. The van der Waals surface area contributed by atoms with E-state index < -0.39 is 0 Å². The van der Waals surface area contributed by atoms with Gasteiger partial charge in [0.25, 0.3) is 0 Å². The number of benzene rings is 2. The van der Waals surface area contributed by atoms with Gasteiger partial charge in [-0.25, -0.2) is 0 Å². The zero-order valence-corrected chi connectivity index (χ0v) is 8.91. The van der Waals surface area contributed by atoms with Gasteiger partial charge in [0.15, 0.2) is 0 Å². The molecule has 0 atom stereocenters. The van der Waals surface area contributed by atoms with E-state index in [1.807, 2.05) is 39.0 Å². The summed E-state index contributed by atoms with van der Waals surface area (Å²) in [6, 6.07) is 11.6. The first-order valence-corrected chi connectivity index (χ1v) is 4.96. The average molecular weight is 188 g/mol. The molecule has 0 aliphatic rings. The molecule has 74 valence electrons. The van der Waals surface area contributed by atoms with Gasteiger partial charge in [-0.3, -0.25) is 0 Å². The van der Waals surface area contributed by atoms with Crippen molar-refractivity contribution in [2.75, 3.05) is 0 Å². The van der Waals surface area contributed by atoms with Crippen molar-refractivity contribution in [2.45, 2.75) is 20.8 Å². The molecule has 14 heavy (non-hydrogen) atoms. The second kappa shape index (κ2) is 4.66. The Balaban J connectivity index is 0.000000461. The van der Waals surface area contributed by atoms with E-state index in [9.17, 15) is 5.11 Å². The molecule has 2 aromatic rings. The molecule has 0 aromatic heterocycles. The molecular formula is C13H16O. The van der Waals surface area contributed by atoms with Crippen molar-refractivity contribution in [1.82, 2.24) is 0 Å². The Kier molecular flexibility index (Phi) is 3.52. The largest absolute Gasteiger partial charge is 0.508 e. The molecule has 1 heteroatoms. The Morgan fingerprint density at radius 3 is 2.36 bits per heavy atom. The maximum Gasteiger partial charge on any atom is 0.116 e. The van der Waals surface area contributed by atoms with Crippen LogP contribution in [0, 0.1) is 6.92 Å². The third-order valence-electron chi connectivity index (χ3n) is 2.05. The lowest BCUT2D eigenvalue weighted by Crippen LogP contribution is -1.77. The molecule has 1 nitrogen and oxygen atoms in total. The molecule has 0 amide bonds. The number of aromatic hydroxyl groups is 1. The summed E-state index contributed by atoms with van der Waals surface area (Å²) in [5.41, 5.74) is 1.12. The Hall–Kier alpha value is -1.50. The molecule has 0 saturated heterocycles. The normalized spacial score (nSPS) is 9.36. The first-order valence-electron chi connectivity index (χ1n) is 4.96. The van der Waals surface area contributed by atoms with E-state index >= 15 is 0 Å². The summed E-state index contributed by atoms with van der Waals surface area (Å²) < 4.78 is 0. The van der Waals surface area contributed by atoms with E-state index in [1.165, 1.54) is 5.39 Å². The minimum Gasteiger partial charge on any atom is -0.508 e. The highest BCUT2D eigenvalue weighted by atomic mass is 16.3. The molecule has 0 spiro atoms. The lowest BCUT2D eigenvalue weighted by Gasteiger charge is -2.01. The van der Waals surface area contributed by atoms with E-state index in [0.29, 0.717) is 5.75 Å². The summed E-state index contributed by atoms with van der Waals surface area (Å²) in [6.45, 7) is 6.00. The van der Waals surface area contributed by atoms with E-state index in [-0.39, 0.29) is 0 Å². The maximum absolute atomic E-state index is 9.31. The SMILES string of the molecule is CC.Cc1cc(O)cc2ccccc12. The maximum atomic E-state index is 9.31. The summed E-state index contributed by atoms with van der Waals surface area (Å²) in [5, 5.41) is 11.6. The van der Waals surface area contributed by atoms with Crippen LogP contribution in [0.4, 0.5) is 0 Å². The Morgan fingerprint density at radius 1 is 1.00 bits per heavy atom. The van der Waals surface area contributed by atoms with Crippen LogP contribution in [-0.2, 0) is 0 Å². The van der Waals surface area contributed by atoms with Crippen LogP contribution >= 0.6 is 0 Å². The van der Waals surface area contributed by atoms with Gasteiger partial charge in [0.2, 0.25) is 0 Å². The van der Waals surface area contributed by atoms with E-state index in [0.717, 1.165) is 10.9 Å². The van der Waals surface area contributed by atoms with Crippen molar-refractivity contribution in [2.24, 2.45) is 0 Å². The highest BCUT2D eigenvalue weighted by Crippen LogP contribution is 2.23. The number of hydrogen-bond acceptors (Lipinski definition) is 1. The molecule has 0 aliphatic carbocycles. The number of aryl methyl sites for hydroxylation is 1. The van der Waals surface area contributed by atoms with Crippen LogP contribution in [0.25, 0.3) is 10.8 Å². The quantitative estimate of drug-likeness (QED) is 0.665. The van der Waals surface area contributed by atoms with Gasteiger partial charge >= 0.3 is 0 Å². The number of hydrogen-bond donors (Lipinski definition) is 1. The highest BCUT2D eigenvalue weighted by molar-refractivity contribution is 5.86. The molecule has 0 saturated carbocycles. The van der Waals surface area contributed by atoms with Crippen molar-refractivity contribution in [3.63, 3.8) is 0 Å². The summed E-state index contributed by atoms with van der Waals surface area (Å²) in [7, 11) is 0. The number of rotatable bonds is 0. The molecule has 1 N–H and O–H groups in total. The van der Waals surface area contributed by atoms with Crippen molar-refractivity contribution >= 4 is 10.8 Å². The zero-order valence-electron chi connectivity index (χ0n) is 8.91. The first kappa shape index (κ1) is 10.6. The van der Waals surface area contributed by atoms with Gasteiger partial charge in [0.1, 0.15) is 5.75 Å². The number of phenolic OH excluding ortho intramolecular Hbond substituents is 1. The Morgan fingerprint density at radius 2 is 1.64 bits per heavy atom. The Bertz CT molecular complexity index is 419. The fraction of sp³-hybridized carbons (Fsp3) is 0.231. The Labute approximate surface area is 85.0 Å². The zero-order chi connectivity index (χ0) is 10.6. The average Bonchev–Trinajstić information content (AvgIpc) is 2.20. The van der Waals surface area contributed by atoms with Crippen LogP contribution < -0.4 is 0 Å². The third-order valence-corrected chi connectivity index (χ3v) is 2.05. The third kappa shape index (κ3) is 2.05. The minimum absolute atomic E-state index is 0.339. The fourth-order valence-corrected chi connectivity index (χ4v) is 1.48. The topological polar surface area (TPSA) is 20.2 Å². The van der Waals surface area contributed by atoms with Crippen LogP contribution in [0.5, 0.6) is 5.75 Å². The van der Waals surface area contributed by atoms with Crippen LogP contribution in [0.2, 0.25) is 0 Å². The standard InChI is InChI=1S/C11H10O.C2H6/c1-8-6-10(12)7-9-4-2-3-5-11(8)9;1-2/h2-7,12H,1H3;1-2H3. The summed E-state index contributed by atoms with van der Waals surface area (Å²) in [4.78, 5) is 0. The monoisotopic (exact) mass is 188 g/mol. The molecule has 0 heterocycles. The second-order valence-electron chi connectivity index (χ2n) is 2.98. The van der Waals surface area contributed by atoms with Crippen LogP contribution in [0.15, 0.2) is 36.4 Å². The molecule has 2 aromatic carbocycles. The van der Waals surface area contributed by atoms with Crippen LogP contribution in [-0.4, -0.2) is 5.11 Å². The van der Waals surface area contributed by atoms with Crippen molar-refractivity contribution in [3.8, 4) is 5.75 Å². The first-order chi connectivity index (χ1) is 6.77. The lowest BCUT2D eigenvalue weighted by atomic mass is 10.1. The predicted molar refractivity (Wildman–Crippen MR) is 61.7 cm³/mol. The van der Waals surface area contributed by atoms with Gasteiger partial charge in [-0.1, -0.05) is 38.1 Å². The van der Waals surface area contributed by atoms with Gasteiger partial charge in [-0.15, -0.1) is 0 Å². The van der Waals surface area contributed by atoms with Gasteiger partial charge in [-0.2, -0.15) is 0 Å². The molecule has 0 unspecified atom stereocenters.